The van der Waals surface area contributed by atoms with Gasteiger partial charge in [-0.2, -0.15) is 0 Å². The minimum atomic E-state index is -3.54. The van der Waals surface area contributed by atoms with Gasteiger partial charge in [0.2, 0.25) is 10.0 Å². The highest BCUT2D eigenvalue weighted by molar-refractivity contribution is 7.89. The molecule has 1 aromatic carbocycles. The molecule has 24 heavy (non-hydrogen) atoms. The molecule has 0 bridgehead atoms. The van der Waals surface area contributed by atoms with E-state index in [0.29, 0.717) is 32.3 Å². The minimum Gasteiger partial charge on any atom is -0.383 e. The first-order valence-corrected chi connectivity index (χ1v) is 9.02. The third kappa shape index (κ3) is 7.26. The summed E-state index contributed by atoms with van der Waals surface area (Å²) in [5.74, 6) is 0.624. The quantitative estimate of drug-likeness (QED) is 0.307. The topological polar surface area (TPSA) is 101 Å². The second kappa shape index (κ2) is 11.0. The van der Waals surface area contributed by atoms with E-state index in [1.54, 1.807) is 32.4 Å². The standard InChI is InChI=1S/C15H26N4O4S/c1-16-15(17-7-9-22-2)18-12-13-5-4-6-14(11-13)24(20,21)19-8-10-23-3/h4-6,11,19H,7-10,12H2,1-3H3,(H2,16,17,18). The Balaban J connectivity index is 2.64. The molecule has 0 aliphatic carbocycles. The lowest BCUT2D eigenvalue weighted by molar-refractivity contribution is 0.203. The van der Waals surface area contributed by atoms with Crippen LogP contribution in [0.1, 0.15) is 5.56 Å². The predicted molar refractivity (Wildman–Crippen MR) is 93.6 cm³/mol. The Bertz CT molecular complexity index is 620. The molecular formula is C15H26N4O4S. The maximum absolute atomic E-state index is 12.2. The fraction of sp³-hybridized carbons (Fsp3) is 0.533. The summed E-state index contributed by atoms with van der Waals surface area (Å²) in [4.78, 5) is 4.31. The third-order valence-electron chi connectivity index (χ3n) is 3.09. The normalized spacial score (nSPS) is 12.2. The number of nitrogens with one attached hydrogen (secondary N) is 3. The molecular weight excluding hydrogens is 332 g/mol. The molecule has 0 unspecified atom stereocenters. The molecule has 0 fully saturated rings. The average Bonchev–Trinajstić information content (AvgIpc) is 2.58. The van der Waals surface area contributed by atoms with Gasteiger partial charge in [0, 0.05) is 40.9 Å². The van der Waals surface area contributed by atoms with E-state index in [2.05, 4.69) is 20.3 Å². The molecule has 1 aromatic rings. The lowest BCUT2D eigenvalue weighted by Gasteiger charge is -2.12. The Kier molecular flexibility index (Phi) is 9.31. The lowest BCUT2D eigenvalue weighted by atomic mass is 10.2. The van der Waals surface area contributed by atoms with Crippen molar-refractivity contribution in [3.05, 3.63) is 29.8 Å². The molecule has 0 aliphatic rings. The van der Waals surface area contributed by atoms with Crippen LogP contribution < -0.4 is 15.4 Å². The number of rotatable bonds is 10. The molecule has 3 N–H and O–H groups in total. The highest BCUT2D eigenvalue weighted by Crippen LogP contribution is 2.11. The zero-order valence-corrected chi connectivity index (χ0v) is 15.1. The number of methoxy groups -OCH3 is 2. The van der Waals surface area contributed by atoms with Gasteiger partial charge in [-0.25, -0.2) is 13.1 Å². The Labute approximate surface area is 143 Å². The van der Waals surface area contributed by atoms with Crippen molar-refractivity contribution in [1.29, 1.82) is 0 Å². The smallest absolute Gasteiger partial charge is 0.240 e. The number of nitrogens with zero attached hydrogens (tertiary/aromatic N) is 1. The van der Waals surface area contributed by atoms with Crippen LogP contribution in [0, 0.1) is 0 Å². The van der Waals surface area contributed by atoms with Gasteiger partial charge in [0.05, 0.1) is 18.1 Å². The van der Waals surface area contributed by atoms with Crippen molar-refractivity contribution < 1.29 is 17.9 Å². The van der Waals surface area contributed by atoms with Crippen LogP contribution in [0.3, 0.4) is 0 Å². The van der Waals surface area contributed by atoms with Crippen molar-refractivity contribution in [2.75, 3.05) is 47.6 Å². The summed E-state index contributed by atoms with van der Waals surface area (Å²) in [6.07, 6.45) is 0. The Hall–Kier alpha value is -1.68. The van der Waals surface area contributed by atoms with Gasteiger partial charge in [-0.05, 0) is 17.7 Å². The first kappa shape index (κ1) is 20.4. The van der Waals surface area contributed by atoms with E-state index in [1.807, 2.05) is 6.07 Å². The second-order valence-electron chi connectivity index (χ2n) is 4.88. The van der Waals surface area contributed by atoms with Crippen molar-refractivity contribution >= 4 is 16.0 Å². The molecule has 0 amide bonds. The average molecular weight is 358 g/mol. The van der Waals surface area contributed by atoms with Crippen LogP contribution in [0.4, 0.5) is 0 Å². The maximum Gasteiger partial charge on any atom is 0.240 e. The highest BCUT2D eigenvalue weighted by atomic mass is 32.2. The van der Waals surface area contributed by atoms with E-state index in [-0.39, 0.29) is 11.4 Å². The molecule has 0 spiro atoms. The van der Waals surface area contributed by atoms with Crippen molar-refractivity contribution in [2.45, 2.75) is 11.4 Å². The van der Waals surface area contributed by atoms with E-state index in [1.165, 1.54) is 7.11 Å². The Morgan fingerprint density at radius 2 is 1.83 bits per heavy atom. The predicted octanol–water partition coefficient (Wildman–Crippen LogP) is -0.0773. The van der Waals surface area contributed by atoms with E-state index in [4.69, 9.17) is 9.47 Å². The number of ether oxygens (including phenoxy) is 2. The van der Waals surface area contributed by atoms with Crippen molar-refractivity contribution in [2.24, 2.45) is 4.99 Å². The molecule has 136 valence electrons. The molecule has 0 aromatic heterocycles. The van der Waals surface area contributed by atoms with Crippen LogP contribution in [-0.2, 0) is 26.0 Å². The van der Waals surface area contributed by atoms with Gasteiger partial charge in [0.15, 0.2) is 5.96 Å². The number of hydrogen-bond acceptors (Lipinski definition) is 5. The van der Waals surface area contributed by atoms with Gasteiger partial charge in [0.1, 0.15) is 0 Å². The van der Waals surface area contributed by atoms with Crippen LogP contribution in [-0.4, -0.2) is 61.9 Å². The Morgan fingerprint density at radius 3 is 2.50 bits per heavy atom. The molecule has 0 saturated carbocycles. The second-order valence-corrected chi connectivity index (χ2v) is 6.65. The number of sulfonamides is 1. The number of benzene rings is 1. The first-order chi connectivity index (χ1) is 11.5. The van der Waals surface area contributed by atoms with Crippen LogP contribution in [0.15, 0.2) is 34.2 Å². The van der Waals surface area contributed by atoms with Gasteiger partial charge in [-0.3, -0.25) is 4.99 Å². The summed E-state index contributed by atoms with van der Waals surface area (Å²) in [7, 11) is 1.28. The van der Waals surface area contributed by atoms with Crippen LogP contribution in [0.25, 0.3) is 0 Å². The van der Waals surface area contributed by atoms with Crippen molar-refractivity contribution in [1.82, 2.24) is 15.4 Å². The molecule has 1 rings (SSSR count). The summed E-state index contributed by atoms with van der Waals surface area (Å²) in [5.41, 5.74) is 0.833. The SMILES string of the molecule is CN=C(NCCOC)NCc1cccc(S(=O)(=O)NCCOC)c1. The monoisotopic (exact) mass is 358 g/mol. The molecule has 8 nitrogen and oxygen atoms in total. The Morgan fingerprint density at radius 1 is 1.12 bits per heavy atom. The number of guanidine groups is 1. The van der Waals surface area contributed by atoms with Gasteiger partial charge < -0.3 is 20.1 Å². The van der Waals surface area contributed by atoms with Crippen LogP contribution >= 0.6 is 0 Å². The van der Waals surface area contributed by atoms with Crippen LogP contribution in [0.2, 0.25) is 0 Å². The van der Waals surface area contributed by atoms with E-state index in [9.17, 15) is 8.42 Å². The van der Waals surface area contributed by atoms with E-state index in [0.717, 1.165) is 5.56 Å². The van der Waals surface area contributed by atoms with Gasteiger partial charge >= 0.3 is 0 Å². The van der Waals surface area contributed by atoms with E-state index >= 15 is 0 Å². The fourth-order valence-corrected chi connectivity index (χ4v) is 2.94. The molecule has 0 atom stereocenters. The van der Waals surface area contributed by atoms with Gasteiger partial charge in [0.25, 0.3) is 0 Å². The molecule has 0 radical (unpaired) electrons. The minimum absolute atomic E-state index is 0.222. The third-order valence-corrected chi connectivity index (χ3v) is 4.55. The molecule has 9 heteroatoms. The van der Waals surface area contributed by atoms with Crippen LogP contribution in [0.5, 0.6) is 0 Å². The molecule has 0 heterocycles. The first-order valence-electron chi connectivity index (χ1n) is 7.54. The summed E-state index contributed by atoms with van der Waals surface area (Å²) in [6.45, 7) is 2.21. The van der Waals surface area contributed by atoms with Gasteiger partial charge in [-0.15, -0.1) is 0 Å². The van der Waals surface area contributed by atoms with Crippen molar-refractivity contribution in [3.8, 4) is 0 Å². The number of aliphatic imine (C=N–C) groups is 1. The highest BCUT2D eigenvalue weighted by Gasteiger charge is 2.13. The lowest BCUT2D eigenvalue weighted by Crippen LogP contribution is -2.38. The van der Waals surface area contributed by atoms with Crippen molar-refractivity contribution in [3.63, 3.8) is 0 Å². The maximum atomic E-state index is 12.2. The molecule has 0 aliphatic heterocycles. The fourth-order valence-electron chi connectivity index (χ4n) is 1.86. The summed E-state index contributed by atoms with van der Waals surface area (Å²) < 4.78 is 36.7. The van der Waals surface area contributed by atoms with Gasteiger partial charge in [-0.1, -0.05) is 12.1 Å². The summed E-state index contributed by atoms with van der Waals surface area (Å²) in [5, 5.41) is 6.21. The number of hydrogen-bond donors (Lipinski definition) is 3. The largest absolute Gasteiger partial charge is 0.383 e. The zero-order chi connectivity index (χ0) is 17.8. The summed E-state index contributed by atoms with van der Waals surface area (Å²) >= 11 is 0. The zero-order valence-electron chi connectivity index (χ0n) is 14.3. The molecule has 0 saturated heterocycles. The van der Waals surface area contributed by atoms with E-state index < -0.39 is 10.0 Å². The summed E-state index contributed by atoms with van der Waals surface area (Å²) in [6, 6.07) is 6.75.